The SMILES string of the molecule is O=C(CC(O)C(=O)OCCCCCCCCO)OCCCCCCCCO. The van der Waals surface area contributed by atoms with Crippen molar-refractivity contribution in [3.05, 3.63) is 0 Å². The minimum atomic E-state index is -1.47. The summed E-state index contributed by atoms with van der Waals surface area (Å²) in [6, 6.07) is 0. The van der Waals surface area contributed by atoms with Gasteiger partial charge in [0.25, 0.3) is 0 Å². The normalized spacial score (nSPS) is 12.0. The molecule has 0 radical (unpaired) electrons. The maximum Gasteiger partial charge on any atom is 0.335 e. The number of ether oxygens (including phenoxy) is 2. The molecule has 0 heterocycles. The summed E-state index contributed by atoms with van der Waals surface area (Å²) in [5, 5.41) is 27.0. The number of aliphatic hydroxyl groups excluding tert-OH is 3. The fourth-order valence-corrected chi connectivity index (χ4v) is 2.60. The lowest BCUT2D eigenvalue weighted by molar-refractivity contribution is -0.160. The third-order valence-corrected chi connectivity index (χ3v) is 4.24. The van der Waals surface area contributed by atoms with Gasteiger partial charge in [-0.2, -0.15) is 0 Å². The number of unbranched alkanes of at least 4 members (excludes halogenated alkanes) is 10. The van der Waals surface area contributed by atoms with E-state index < -0.39 is 18.0 Å². The van der Waals surface area contributed by atoms with Crippen molar-refractivity contribution in [2.75, 3.05) is 26.4 Å². The van der Waals surface area contributed by atoms with Crippen molar-refractivity contribution in [1.82, 2.24) is 0 Å². The summed E-state index contributed by atoms with van der Waals surface area (Å²) >= 11 is 0. The van der Waals surface area contributed by atoms with E-state index in [1.165, 1.54) is 0 Å². The highest BCUT2D eigenvalue weighted by Gasteiger charge is 2.21. The molecule has 7 heteroatoms. The zero-order valence-corrected chi connectivity index (χ0v) is 16.6. The number of carbonyl (C=O) groups is 2. The molecule has 27 heavy (non-hydrogen) atoms. The molecule has 0 fully saturated rings. The molecule has 0 amide bonds. The van der Waals surface area contributed by atoms with E-state index in [1.807, 2.05) is 0 Å². The molecule has 0 aromatic carbocycles. The number of esters is 2. The maximum absolute atomic E-state index is 11.6. The molecular weight excluding hydrogens is 352 g/mol. The quantitative estimate of drug-likeness (QED) is 0.229. The standard InChI is InChI=1S/C20H38O7/c21-13-9-5-1-3-7-11-15-26-19(24)17-18(23)20(25)27-16-12-8-4-2-6-10-14-22/h18,21-23H,1-17H2. The monoisotopic (exact) mass is 390 g/mol. The molecule has 0 aromatic rings. The van der Waals surface area contributed by atoms with Gasteiger partial charge in [0, 0.05) is 13.2 Å². The van der Waals surface area contributed by atoms with Gasteiger partial charge >= 0.3 is 11.9 Å². The second-order valence-electron chi connectivity index (χ2n) is 6.80. The number of rotatable bonds is 19. The Balaban J connectivity index is 3.53. The molecule has 0 aliphatic heterocycles. The van der Waals surface area contributed by atoms with Crippen molar-refractivity contribution in [3.8, 4) is 0 Å². The molecular formula is C20H38O7. The van der Waals surface area contributed by atoms with Crippen molar-refractivity contribution in [2.45, 2.75) is 89.6 Å². The van der Waals surface area contributed by atoms with Crippen LogP contribution >= 0.6 is 0 Å². The van der Waals surface area contributed by atoms with Crippen LogP contribution in [0.5, 0.6) is 0 Å². The summed E-state index contributed by atoms with van der Waals surface area (Å²) in [5.41, 5.74) is 0. The van der Waals surface area contributed by atoms with E-state index in [-0.39, 0.29) is 32.8 Å². The van der Waals surface area contributed by atoms with Gasteiger partial charge in [-0.15, -0.1) is 0 Å². The minimum absolute atomic E-state index is 0.226. The largest absolute Gasteiger partial charge is 0.466 e. The van der Waals surface area contributed by atoms with Crippen molar-refractivity contribution in [1.29, 1.82) is 0 Å². The Labute approximate surface area is 163 Å². The lowest BCUT2D eigenvalue weighted by Gasteiger charge is -2.10. The van der Waals surface area contributed by atoms with Gasteiger partial charge in [0.15, 0.2) is 6.10 Å². The third-order valence-electron chi connectivity index (χ3n) is 4.24. The third kappa shape index (κ3) is 18.0. The predicted octanol–water partition coefficient (Wildman–Crippen LogP) is 2.49. The summed E-state index contributed by atoms with van der Waals surface area (Å²) in [6.07, 6.45) is 9.32. The molecule has 0 spiro atoms. The summed E-state index contributed by atoms with van der Waals surface area (Å²) in [5.74, 6) is -1.38. The molecule has 1 unspecified atom stereocenters. The number of hydrogen-bond donors (Lipinski definition) is 3. The fraction of sp³-hybridized carbons (Fsp3) is 0.900. The average molecular weight is 391 g/mol. The molecule has 0 aromatic heterocycles. The number of hydrogen-bond acceptors (Lipinski definition) is 7. The van der Waals surface area contributed by atoms with E-state index in [0.717, 1.165) is 77.0 Å². The zero-order valence-electron chi connectivity index (χ0n) is 16.6. The van der Waals surface area contributed by atoms with Gasteiger partial charge < -0.3 is 24.8 Å². The van der Waals surface area contributed by atoms with E-state index in [1.54, 1.807) is 0 Å². The molecule has 0 saturated carbocycles. The molecule has 1 atom stereocenters. The smallest absolute Gasteiger partial charge is 0.335 e. The van der Waals surface area contributed by atoms with Gasteiger partial charge in [0.05, 0.1) is 19.6 Å². The summed E-state index contributed by atoms with van der Waals surface area (Å²) in [4.78, 5) is 23.2. The Bertz CT molecular complexity index is 360. The first-order valence-electron chi connectivity index (χ1n) is 10.3. The van der Waals surface area contributed by atoms with Crippen LogP contribution in [0.25, 0.3) is 0 Å². The molecule has 3 N–H and O–H groups in total. The predicted molar refractivity (Wildman–Crippen MR) is 102 cm³/mol. The first kappa shape index (κ1) is 25.8. The molecule has 0 aliphatic rings. The van der Waals surface area contributed by atoms with Crippen LogP contribution in [0.4, 0.5) is 0 Å². The lowest BCUT2D eigenvalue weighted by Crippen LogP contribution is -2.27. The van der Waals surface area contributed by atoms with E-state index in [2.05, 4.69) is 0 Å². The Morgan fingerprint density at radius 3 is 1.52 bits per heavy atom. The average Bonchev–Trinajstić information content (AvgIpc) is 2.65. The van der Waals surface area contributed by atoms with Gasteiger partial charge in [-0.1, -0.05) is 51.4 Å². The highest BCUT2D eigenvalue weighted by Crippen LogP contribution is 2.07. The summed E-state index contributed by atoms with van der Waals surface area (Å²) in [6.45, 7) is 0.981. The van der Waals surface area contributed by atoms with Crippen LogP contribution in [0.15, 0.2) is 0 Å². The Hall–Kier alpha value is -1.18. The van der Waals surface area contributed by atoms with Gasteiger partial charge in [-0.05, 0) is 25.7 Å². The van der Waals surface area contributed by atoms with Gasteiger partial charge in [-0.25, -0.2) is 4.79 Å². The first-order valence-corrected chi connectivity index (χ1v) is 10.3. The molecule has 0 aliphatic carbocycles. The second kappa shape index (κ2) is 19.6. The van der Waals surface area contributed by atoms with Crippen molar-refractivity contribution in [3.63, 3.8) is 0 Å². The van der Waals surface area contributed by atoms with E-state index in [0.29, 0.717) is 0 Å². The lowest BCUT2D eigenvalue weighted by atomic mass is 10.1. The van der Waals surface area contributed by atoms with Gasteiger partial charge in [-0.3, -0.25) is 4.79 Å². The van der Waals surface area contributed by atoms with Gasteiger partial charge in [0.2, 0.25) is 0 Å². The van der Waals surface area contributed by atoms with E-state index in [9.17, 15) is 14.7 Å². The Morgan fingerprint density at radius 2 is 1.04 bits per heavy atom. The van der Waals surface area contributed by atoms with Crippen LogP contribution in [0.1, 0.15) is 83.5 Å². The Morgan fingerprint density at radius 1 is 0.630 bits per heavy atom. The number of carbonyl (C=O) groups excluding carboxylic acids is 2. The van der Waals surface area contributed by atoms with Crippen LogP contribution in [0.3, 0.4) is 0 Å². The highest BCUT2D eigenvalue weighted by atomic mass is 16.6. The second-order valence-corrected chi connectivity index (χ2v) is 6.80. The van der Waals surface area contributed by atoms with Crippen molar-refractivity contribution in [2.24, 2.45) is 0 Å². The molecule has 0 bridgehead atoms. The fourth-order valence-electron chi connectivity index (χ4n) is 2.60. The van der Waals surface area contributed by atoms with Crippen molar-refractivity contribution >= 4 is 11.9 Å². The van der Waals surface area contributed by atoms with Crippen LogP contribution in [-0.2, 0) is 19.1 Å². The molecule has 0 saturated heterocycles. The molecule has 160 valence electrons. The van der Waals surface area contributed by atoms with Crippen LogP contribution < -0.4 is 0 Å². The van der Waals surface area contributed by atoms with E-state index >= 15 is 0 Å². The highest BCUT2D eigenvalue weighted by molar-refractivity contribution is 5.81. The van der Waals surface area contributed by atoms with Gasteiger partial charge in [0.1, 0.15) is 0 Å². The first-order chi connectivity index (χ1) is 13.1. The van der Waals surface area contributed by atoms with Crippen LogP contribution in [0.2, 0.25) is 0 Å². The topological polar surface area (TPSA) is 113 Å². The summed E-state index contributed by atoms with van der Waals surface area (Å²) in [7, 11) is 0. The molecule has 7 nitrogen and oxygen atoms in total. The van der Waals surface area contributed by atoms with Crippen LogP contribution in [0, 0.1) is 0 Å². The zero-order chi connectivity index (χ0) is 20.2. The molecule has 0 rings (SSSR count). The van der Waals surface area contributed by atoms with Crippen LogP contribution in [-0.4, -0.2) is 59.8 Å². The number of aliphatic hydroxyl groups is 3. The summed E-state index contributed by atoms with van der Waals surface area (Å²) < 4.78 is 9.98. The minimum Gasteiger partial charge on any atom is -0.466 e. The Kier molecular flexibility index (Phi) is 18.7. The van der Waals surface area contributed by atoms with E-state index in [4.69, 9.17) is 19.7 Å². The maximum atomic E-state index is 11.6. The van der Waals surface area contributed by atoms with Crippen molar-refractivity contribution < 1.29 is 34.4 Å².